The number of hydrogen-bond donors (Lipinski definition) is 0. The molecule has 23 heavy (non-hydrogen) atoms. The van der Waals surface area contributed by atoms with Gasteiger partial charge in [-0.3, -0.25) is 4.79 Å². The molecule has 7 nitrogen and oxygen atoms in total. The van der Waals surface area contributed by atoms with Crippen LogP contribution in [-0.2, 0) is 11.3 Å². The predicted molar refractivity (Wildman–Crippen MR) is 83.0 cm³/mol. The average Bonchev–Trinajstić information content (AvgIpc) is 3.22. The molecule has 0 N–H and O–H groups in total. The van der Waals surface area contributed by atoms with E-state index in [1.54, 1.807) is 6.20 Å². The third-order valence-corrected chi connectivity index (χ3v) is 4.77. The molecule has 1 saturated heterocycles. The van der Waals surface area contributed by atoms with Gasteiger partial charge in [-0.2, -0.15) is 0 Å². The molecule has 0 saturated carbocycles. The van der Waals surface area contributed by atoms with Gasteiger partial charge < -0.3 is 14.2 Å². The van der Waals surface area contributed by atoms with Gasteiger partial charge in [-0.1, -0.05) is 5.21 Å². The molecule has 1 fully saturated rings. The Hall–Kier alpha value is -2.15. The molecule has 2 aromatic rings. The van der Waals surface area contributed by atoms with Crippen LogP contribution in [0.2, 0.25) is 0 Å². The van der Waals surface area contributed by atoms with Crippen LogP contribution in [0.5, 0.6) is 0 Å². The fourth-order valence-electron chi connectivity index (χ4n) is 3.56. The SMILES string of the molecule is CC(C)n1cccc1C(=O)N1CC[C@H]2[C@H](C1)OCc1cnnn12. The topological polar surface area (TPSA) is 65.2 Å². The second-order valence-corrected chi connectivity index (χ2v) is 6.52. The van der Waals surface area contributed by atoms with Gasteiger partial charge in [-0.25, -0.2) is 4.68 Å². The number of nitrogens with zero attached hydrogens (tertiary/aromatic N) is 5. The fourth-order valence-corrected chi connectivity index (χ4v) is 3.56. The Morgan fingerprint density at radius 2 is 2.30 bits per heavy atom. The van der Waals surface area contributed by atoms with Crippen molar-refractivity contribution in [1.82, 2.24) is 24.5 Å². The molecule has 0 spiro atoms. The van der Waals surface area contributed by atoms with E-state index in [-0.39, 0.29) is 24.1 Å². The minimum Gasteiger partial charge on any atom is -0.368 e. The lowest BCUT2D eigenvalue weighted by Crippen LogP contribution is -2.50. The number of hydrogen-bond acceptors (Lipinski definition) is 4. The van der Waals surface area contributed by atoms with Gasteiger partial charge in [0.2, 0.25) is 0 Å². The summed E-state index contributed by atoms with van der Waals surface area (Å²) < 4.78 is 9.93. The smallest absolute Gasteiger partial charge is 0.270 e. The number of amides is 1. The van der Waals surface area contributed by atoms with Crippen molar-refractivity contribution < 1.29 is 9.53 Å². The molecule has 122 valence electrons. The fraction of sp³-hybridized carbons (Fsp3) is 0.562. The van der Waals surface area contributed by atoms with Crippen LogP contribution >= 0.6 is 0 Å². The molecule has 4 rings (SSSR count). The summed E-state index contributed by atoms with van der Waals surface area (Å²) in [5, 5.41) is 8.15. The van der Waals surface area contributed by atoms with Crippen LogP contribution in [0, 0.1) is 0 Å². The maximum atomic E-state index is 12.9. The number of piperidine rings is 1. The first-order chi connectivity index (χ1) is 11.1. The number of aromatic nitrogens is 4. The summed E-state index contributed by atoms with van der Waals surface area (Å²) in [6.45, 7) is 6.00. The van der Waals surface area contributed by atoms with Crippen molar-refractivity contribution in [2.24, 2.45) is 0 Å². The van der Waals surface area contributed by atoms with Gasteiger partial charge in [-0.15, -0.1) is 5.10 Å². The van der Waals surface area contributed by atoms with Crippen LogP contribution in [0.1, 0.15) is 48.5 Å². The Balaban J connectivity index is 1.53. The molecule has 1 amide bonds. The van der Waals surface area contributed by atoms with E-state index >= 15 is 0 Å². The molecule has 7 heteroatoms. The number of ether oxygens (including phenoxy) is 1. The van der Waals surface area contributed by atoms with Gasteiger partial charge in [0.1, 0.15) is 5.69 Å². The molecule has 2 aromatic heterocycles. The molecule has 2 aliphatic rings. The summed E-state index contributed by atoms with van der Waals surface area (Å²) in [5.41, 5.74) is 1.76. The van der Waals surface area contributed by atoms with E-state index in [0.29, 0.717) is 19.7 Å². The summed E-state index contributed by atoms with van der Waals surface area (Å²) in [6.07, 6.45) is 4.55. The Morgan fingerprint density at radius 1 is 1.43 bits per heavy atom. The summed E-state index contributed by atoms with van der Waals surface area (Å²) in [5.74, 6) is 0.0788. The lowest BCUT2D eigenvalue weighted by atomic mass is 10.00. The Bertz CT molecular complexity index is 720. The van der Waals surface area contributed by atoms with Gasteiger partial charge in [0.25, 0.3) is 5.91 Å². The van der Waals surface area contributed by atoms with Crippen molar-refractivity contribution >= 4 is 5.91 Å². The van der Waals surface area contributed by atoms with Gasteiger partial charge in [0.15, 0.2) is 0 Å². The summed E-state index contributed by atoms with van der Waals surface area (Å²) in [7, 11) is 0. The molecular weight excluding hydrogens is 294 g/mol. The lowest BCUT2D eigenvalue weighted by Gasteiger charge is -2.41. The first kappa shape index (κ1) is 14.4. The highest BCUT2D eigenvalue weighted by Gasteiger charge is 2.38. The van der Waals surface area contributed by atoms with Gasteiger partial charge in [0, 0.05) is 25.3 Å². The molecule has 0 radical (unpaired) electrons. The van der Waals surface area contributed by atoms with E-state index in [1.807, 2.05) is 32.5 Å². The normalized spacial score (nSPS) is 23.7. The first-order valence-corrected chi connectivity index (χ1v) is 8.12. The molecule has 0 aliphatic carbocycles. The van der Waals surface area contributed by atoms with E-state index < -0.39 is 0 Å². The van der Waals surface area contributed by atoms with Crippen LogP contribution < -0.4 is 0 Å². The molecule has 4 heterocycles. The second-order valence-electron chi connectivity index (χ2n) is 6.52. The summed E-state index contributed by atoms with van der Waals surface area (Å²) >= 11 is 0. The van der Waals surface area contributed by atoms with E-state index in [1.165, 1.54) is 0 Å². The van der Waals surface area contributed by atoms with E-state index in [4.69, 9.17) is 4.74 Å². The zero-order chi connectivity index (χ0) is 16.0. The van der Waals surface area contributed by atoms with Crippen molar-refractivity contribution in [2.75, 3.05) is 13.1 Å². The van der Waals surface area contributed by atoms with E-state index in [9.17, 15) is 4.79 Å². The molecule has 0 bridgehead atoms. The second kappa shape index (κ2) is 5.49. The van der Waals surface area contributed by atoms with Crippen LogP contribution in [0.3, 0.4) is 0 Å². The van der Waals surface area contributed by atoms with Crippen LogP contribution in [0.15, 0.2) is 24.5 Å². The molecule has 2 aliphatic heterocycles. The quantitative estimate of drug-likeness (QED) is 0.845. The van der Waals surface area contributed by atoms with Crippen molar-refractivity contribution in [3.8, 4) is 0 Å². The molecular formula is C16H21N5O2. The molecule has 2 atom stereocenters. The minimum atomic E-state index is -0.00985. The van der Waals surface area contributed by atoms with Crippen LogP contribution in [0.4, 0.5) is 0 Å². The minimum absolute atomic E-state index is 0.00985. The van der Waals surface area contributed by atoms with Gasteiger partial charge >= 0.3 is 0 Å². The van der Waals surface area contributed by atoms with E-state index in [2.05, 4.69) is 24.2 Å². The lowest BCUT2D eigenvalue weighted by molar-refractivity contribution is -0.0629. The highest BCUT2D eigenvalue weighted by Crippen LogP contribution is 2.31. The summed E-state index contributed by atoms with van der Waals surface area (Å²) in [4.78, 5) is 14.8. The zero-order valence-electron chi connectivity index (χ0n) is 13.4. The average molecular weight is 315 g/mol. The van der Waals surface area contributed by atoms with Crippen molar-refractivity contribution in [1.29, 1.82) is 0 Å². The Labute approximate surface area is 134 Å². The number of carbonyl (C=O) groups is 1. The monoisotopic (exact) mass is 315 g/mol. The van der Waals surface area contributed by atoms with Gasteiger partial charge in [-0.05, 0) is 32.4 Å². The van der Waals surface area contributed by atoms with Crippen molar-refractivity contribution in [3.63, 3.8) is 0 Å². The maximum absolute atomic E-state index is 12.9. The Kier molecular flexibility index (Phi) is 3.45. The standard InChI is InChI=1S/C16H21N5O2/c1-11(2)20-6-3-4-14(20)16(22)19-7-5-13-15(9-19)23-10-12-8-17-18-21(12)13/h3-4,6,8,11,13,15H,5,7,9-10H2,1-2H3/t13-,15-/m0/s1. The predicted octanol–water partition coefficient (Wildman–Crippen LogP) is 1.65. The highest BCUT2D eigenvalue weighted by atomic mass is 16.5. The Morgan fingerprint density at radius 3 is 3.13 bits per heavy atom. The van der Waals surface area contributed by atoms with Crippen LogP contribution in [0.25, 0.3) is 0 Å². The van der Waals surface area contributed by atoms with Gasteiger partial charge in [0.05, 0.1) is 30.6 Å². The third-order valence-electron chi connectivity index (χ3n) is 4.77. The molecule has 0 aromatic carbocycles. The van der Waals surface area contributed by atoms with E-state index in [0.717, 1.165) is 17.8 Å². The summed E-state index contributed by atoms with van der Waals surface area (Å²) in [6, 6.07) is 4.28. The number of carbonyl (C=O) groups excluding carboxylic acids is 1. The third kappa shape index (κ3) is 2.35. The first-order valence-electron chi connectivity index (χ1n) is 8.12. The maximum Gasteiger partial charge on any atom is 0.270 e. The zero-order valence-corrected chi connectivity index (χ0v) is 13.4. The number of likely N-dealkylation sites (tertiary alicyclic amines) is 1. The number of fused-ring (bicyclic) bond motifs is 3. The van der Waals surface area contributed by atoms with Crippen LogP contribution in [-0.4, -0.2) is 49.6 Å². The van der Waals surface area contributed by atoms with Crippen molar-refractivity contribution in [3.05, 3.63) is 35.9 Å². The van der Waals surface area contributed by atoms with Crippen molar-refractivity contribution in [2.45, 2.75) is 45.1 Å². The largest absolute Gasteiger partial charge is 0.368 e. The highest BCUT2D eigenvalue weighted by molar-refractivity contribution is 5.93. The molecule has 0 unspecified atom stereocenters. The number of rotatable bonds is 2.